The van der Waals surface area contributed by atoms with E-state index < -0.39 is 34.4 Å². The molecule has 1 aromatic heterocycles. The van der Waals surface area contributed by atoms with Gasteiger partial charge in [0.2, 0.25) is 15.8 Å². The van der Waals surface area contributed by atoms with Crippen molar-refractivity contribution < 1.29 is 32.3 Å². The second-order valence-corrected chi connectivity index (χ2v) is 8.74. The third kappa shape index (κ3) is 6.39. The SMILES string of the molecule is CCOC(=O)c1[nH]c(C)c(C(=O)COC(=O)CCNS(=O)(=O)c2cccc(Cl)c2)c1C. The maximum absolute atomic E-state index is 12.5. The standard InChI is InChI=1S/C20H23ClN2O7S/c1-4-29-20(26)19-12(2)18(13(3)23-19)16(24)11-30-17(25)8-9-22-31(27,28)15-7-5-6-14(21)10-15/h5-7,10,22-23H,4,8-9,11H2,1-3H3. The van der Waals surface area contributed by atoms with Crippen molar-refractivity contribution in [2.24, 2.45) is 0 Å². The fraction of sp³-hybridized carbons (Fsp3) is 0.350. The quantitative estimate of drug-likeness (QED) is 0.403. The highest BCUT2D eigenvalue weighted by molar-refractivity contribution is 7.89. The highest BCUT2D eigenvalue weighted by atomic mass is 35.5. The van der Waals surface area contributed by atoms with Crippen molar-refractivity contribution in [3.63, 3.8) is 0 Å². The van der Waals surface area contributed by atoms with Crippen LogP contribution in [0.1, 0.15) is 45.4 Å². The maximum Gasteiger partial charge on any atom is 0.355 e. The molecule has 2 aromatic rings. The van der Waals surface area contributed by atoms with Crippen molar-refractivity contribution in [1.82, 2.24) is 9.71 Å². The minimum Gasteiger partial charge on any atom is -0.461 e. The molecule has 0 saturated heterocycles. The lowest BCUT2D eigenvalue weighted by Crippen LogP contribution is -2.27. The first kappa shape index (κ1) is 24.6. The summed E-state index contributed by atoms with van der Waals surface area (Å²) >= 11 is 5.79. The Morgan fingerprint density at radius 3 is 2.52 bits per heavy atom. The van der Waals surface area contributed by atoms with Crippen molar-refractivity contribution >= 4 is 39.3 Å². The van der Waals surface area contributed by atoms with Crippen molar-refractivity contribution in [2.45, 2.75) is 32.1 Å². The molecule has 0 radical (unpaired) electrons. The average Bonchev–Trinajstić information content (AvgIpc) is 3.00. The molecular weight excluding hydrogens is 448 g/mol. The van der Waals surface area contributed by atoms with Crippen molar-refractivity contribution in [3.05, 3.63) is 51.8 Å². The van der Waals surface area contributed by atoms with Gasteiger partial charge in [0.15, 0.2) is 6.61 Å². The number of aromatic amines is 1. The molecule has 11 heteroatoms. The van der Waals surface area contributed by atoms with E-state index in [0.717, 1.165) is 0 Å². The number of hydrogen-bond donors (Lipinski definition) is 2. The van der Waals surface area contributed by atoms with Crippen LogP contribution in [0.5, 0.6) is 0 Å². The first-order chi connectivity index (χ1) is 14.6. The van der Waals surface area contributed by atoms with Gasteiger partial charge in [-0.05, 0) is 44.5 Å². The predicted molar refractivity (Wildman–Crippen MR) is 113 cm³/mol. The van der Waals surface area contributed by atoms with Gasteiger partial charge < -0.3 is 14.5 Å². The first-order valence-electron chi connectivity index (χ1n) is 9.37. The number of esters is 2. The van der Waals surface area contributed by atoms with Gasteiger partial charge in [0.1, 0.15) is 5.69 Å². The van der Waals surface area contributed by atoms with E-state index in [2.05, 4.69) is 9.71 Å². The van der Waals surface area contributed by atoms with Gasteiger partial charge >= 0.3 is 11.9 Å². The van der Waals surface area contributed by atoms with Crippen molar-refractivity contribution in [2.75, 3.05) is 19.8 Å². The number of sulfonamides is 1. The van der Waals surface area contributed by atoms with Crippen LogP contribution in [0.4, 0.5) is 0 Å². The Bertz CT molecular complexity index is 1090. The summed E-state index contributed by atoms with van der Waals surface area (Å²) in [6, 6.07) is 5.69. The van der Waals surface area contributed by atoms with E-state index in [0.29, 0.717) is 11.3 Å². The van der Waals surface area contributed by atoms with E-state index in [4.69, 9.17) is 21.1 Å². The number of carbonyl (C=O) groups excluding carboxylic acids is 3. The van der Waals surface area contributed by atoms with Crippen LogP contribution in [0.15, 0.2) is 29.2 Å². The average molecular weight is 471 g/mol. The molecule has 0 aliphatic carbocycles. The molecule has 2 N–H and O–H groups in total. The second-order valence-electron chi connectivity index (χ2n) is 6.53. The summed E-state index contributed by atoms with van der Waals surface area (Å²) in [5.41, 5.74) is 1.28. The van der Waals surface area contributed by atoms with Gasteiger partial charge in [-0.2, -0.15) is 0 Å². The summed E-state index contributed by atoms with van der Waals surface area (Å²) in [7, 11) is -3.83. The zero-order chi connectivity index (χ0) is 23.2. The lowest BCUT2D eigenvalue weighted by Gasteiger charge is -2.08. The zero-order valence-corrected chi connectivity index (χ0v) is 18.9. The molecule has 168 valence electrons. The Morgan fingerprint density at radius 2 is 1.87 bits per heavy atom. The second kappa shape index (κ2) is 10.6. The summed E-state index contributed by atoms with van der Waals surface area (Å²) in [5.74, 6) is -1.82. The molecule has 1 aromatic carbocycles. The van der Waals surface area contributed by atoms with E-state index in [-0.39, 0.29) is 40.7 Å². The van der Waals surface area contributed by atoms with Gasteiger partial charge in [-0.3, -0.25) is 9.59 Å². The monoisotopic (exact) mass is 470 g/mol. The number of benzene rings is 1. The number of rotatable bonds is 10. The fourth-order valence-corrected chi connectivity index (χ4v) is 4.20. The number of aromatic nitrogens is 1. The first-order valence-corrected chi connectivity index (χ1v) is 11.2. The number of aryl methyl sites for hydroxylation is 1. The van der Waals surface area contributed by atoms with Crippen LogP contribution in [-0.4, -0.2) is 50.9 Å². The van der Waals surface area contributed by atoms with E-state index in [9.17, 15) is 22.8 Å². The Hall–Kier alpha value is -2.69. The van der Waals surface area contributed by atoms with Gasteiger partial charge in [0, 0.05) is 22.8 Å². The molecule has 31 heavy (non-hydrogen) atoms. The Morgan fingerprint density at radius 1 is 1.16 bits per heavy atom. The van der Waals surface area contributed by atoms with Crippen LogP contribution in [0.3, 0.4) is 0 Å². The molecule has 0 bridgehead atoms. The van der Waals surface area contributed by atoms with E-state index in [1.807, 2.05) is 0 Å². The molecule has 0 aliphatic heterocycles. The summed E-state index contributed by atoms with van der Waals surface area (Å²) in [6.07, 6.45) is -0.272. The maximum atomic E-state index is 12.5. The third-order valence-electron chi connectivity index (χ3n) is 4.29. The summed E-state index contributed by atoms with van der Waals surface area (Å²) in [5, 5.41) is 0.266. The summed E-state index contributed by atoms with van der Waals surface area (Å²) < 4.78 is 36.5. The highest BCUT2D eigenvalue weighted by Gasteiger charge is 2.23. The third-order valence-corrected chi connectivity index (χ3v) is 5.98. The number of H-pyrrole nitrogens is 1. The lowest BCUT2D eigenvalue weighted by atomic mass is 10.1. The zero-order valence-electron chi connectivity index (χ0n) is 17.3. The Kier molecular flexibility index (Phi) is 8.37. The topological polar surface area (TPSA) is 132 Å². The molecule has 0 fully saturated rings. The van der Waals surface area contributed by atoms with Crippen LogP contribution < -0.4 is 4.72 Å². The van der Waals surface area contributed by atoms with Crippen LogP contribution in [0.2, 0.25) is 5.02 Å². The van der Waals surface area contributed by atoms with Crippen molar-refractivity contribution in [3.8, 4) is 0 Å². The lowest BCUT2D eigenvalue weighted by molar-refractivity contribution is -0.142. The number of Topliss-reactive ketones (excluding diaryl/α,β-unsaturated/α-hetero) is 1. The van der Waals surface area contributed by atoms with E-state index in [1.54, 1.807) is 26.8 Å². The number of hydrogen-bond acceptors (Lipinski definition) is 7. The molecule has 0 aliphatic rings. The molecule has 9 nitrogen and oxygen atoms in total. The Labute approximate surface area is 185 Å². The molecule has 0 amide bonds. The van der Waals surface area contributed by atoms with Crippen LogP contribution >= 0.6 is 11.6 Å². The van der Waals surface area contributed by atoms with Gasteiger partial charge in [-0.25, -0.2) is 17.9 Å². The summed E-state index contributed by atoms with van der Waals surface area (Å²) in [4.78, 5) is 39.1. The van der Waals surface area contributed by atoms with Gasteiger partial charge in [-0.1, -0.05) is 17.7 Å². The predicted octanol–water partition coefficient (Wildman–Crippen LogP) is 2.56. The van der Waals surface area contributed by atoms with Gasteiger partial charge in [0.25, 0.3) is 0 Å². The number of nitrogens with one attached hydrogen (secondary N) is 2. The number of halogens is 1. The smallest absolute Gasteiger partial charge is 0.355 e. The highest BCUT2D eigenvalue weighted by Crippen LogP contribution is 2.20. The normalized spacial score (nSPS) is 11.2. The minimum absolute atomic E-state index is 0.0284. The molecular formula is C20H23ClN2O7S. The molecule has 2 rings (SSSR count). The van der Waals surface area contributed by atoms with Crippen LogP contribution in [0, 0.1) is 13.8 Å². The largest absolute Gasteiger partial charge is 0.461 e. The number of ketones is 1. The van der Waals surface area contributed by atoms with Gasteiger partial charge in [0.05, 0.1) is 17.9 Å². The number of ether oxygens (including phenoxy) is 2. The summed E-state index contributed by atoms with van der Waals surface area (Å²) in [6.45, 7) is 4.32. The molecule has 0 saturated carbocycles. The molecule has 0 spiro atoms. The van der Waals surface area contributed by atoms with E-state index in [1.165, 1.54) is 18.2 Å². The Balaban J connectivity index is 1.89. The molecule has 0 atom stereocenters. The van der Waals surface area contributed by atoms with Crippen molar-refractivity contribution in [1.29, 1.82) is 0 Å². The number of carbonyl (C=O) groups is 3. The van der Waals surface area contributed by atoms with Crippen LogP contribution in [0.25, 0.3) is 0 Å². The fourth-order valence-electron chi connectivity index (χ4n) is 2.87. The van der Waals surface area contributed by atoms with Crippen LogP contribution in [-0.2, 0) is 24.3 Å². The molecule has 1 heterocycles. The minimum atomic E-state index is -3.83. The van der Waals surface area contributed by atoms with Gasteiger partial charge in [-0.15, -0.1) is 0 Å². The molecule has 0 unspecified atom stereocenters. The van der Waals surface area contributed by atoms with E-state index >= 15 is 0 Å².